The third kappa shape index (κ3) is 5.42. The summed E-state index contributed by atoms with van der Waals surface area (Å²) in [5.41, 5.74) is 0. The highest BCUT2D eigenvalue weighted by atomic mass is 32.2. The second kappa shape index (κ2) is 8.83. The zero-order chi connectivity index (χ0) is 13.2. The van der Waals surface area contributed by atoms with Gasteiger partial charge in [0.15, 0.2) is 0 Å². The molecule has 0 heterocycles. The molecular weight excluding hydrogens is 248 g/mol. The summed E-state index contributed by atoms with van der Waals surface area (Å²) in [6.07, 6.45) is 0. The molecule has 0 saturated carbocycles. The molecule has 1 aromatic carbocycles. The lowest BCUT2D eigenvalue weighted by atomic mass is 10.4. The SMILES string of the molecule is CCN(CCO)C(=O)NCCSc1ccccc1. The van der Waals surface area contributed by atoms with Crippen LogP contribution in [0.5, 0.6) is 0 Å². The number of nitrogens with one attached hydrogen (secondary N) is 1. The maximum Gasteiger partial charge on any atom is 0.317 e. The van der Waals surface area contributed by atoms with Gasteiger partial charge >= 0.3 is 6.03 Å². The van der Waals surface area contributed by atoms with Gasteiger partial charge < -0.3 is 15.3 Å². The number of amides is 2. The van der Waals surface area contributed by atoms with E-state index in [0.717, 1.165) is 5.75 Å². The number of benzene rings is 1. The lowest BCUT2D eigenvalue weighted by molar-refractivity contribution is 0.181. The van der Waals surface area contributed by atoms with Crippen LogP contribution in [0.15, 0.2) is 35.2 Å². The minimum atomic E-state index is -0.111. The van der Waals surface area contributed by atoms with Gasteiger partial charge in [-0.25, -0.2) is 4.79 Å². The molecule has 0 aliphatic heterocycles. The Morgan fingerprint density at radius 1 is 1.39 bits per heavy atom. The molecule has 4 nitrogen and oxygen atoms in total. The standard InChI is InChI=1S/C13H20N2O2S/c1-2-15(9-10-16)13(17)14-8-11-18-12-6-4-3-5-7-12/h3-7,16H,2,8-11H2,1H3,(H,14,17). The van der Waals surface area contributed by atoms with Crippen LogP contribution in [0.4, 0.5) is 4.79 Å². The van der Waals surface area contributed by atoms with Crippen molar-refractivity contribution in [1.29, 1.82) is 0 Å². The Labute approximate surface area is 112 Å². The van der Waals surface area contributed by atoms with Crippen molar-refractivity contribution in [2.24, 2.45) is 0 Å². The van der Waals surface area contributed by atoms with Crippen molar-refractivity contribution in [2.45, 2.75) is 11.8 Å². The Morgan fingerprint density at radius 3 is 2.72 bits per heavy atom. The molecule has 2 amide bonds. The first-order valence-electron chi connectivity index (χ1n) is 6.09. The summed E-state index contributed by atoms with van der Waals surface area (Å²) in [7, 11) is 0. The zero-order valence-corrected chi connectivity index (χ0v) is 11.4. The fourth-order valence-corrected chi connectivity index (χ4v) is 2.27. The van der Waals surface area contributed by atoms with E-state index in [1.807, 2.05) is 25.1 Å². The third-order valence-corrected chi connectivity index (χ3v) is 3.44. The van der Waals surface area contributed by atoms with Gasteiger partial charge in [-0.15, -0.1) is 11.8 Å². The van der Waals surface area contributed by atoms with E-state index in [9.17, 15) is 4.79 Å². The fraction of sp³-hybridized carbons (Fsp3) is 0.462. The van der Waals surface area contributed by atoms with Crippen LogP contribution in [-0.4, -0.2) is 48.0 Å². The molecule has 0 unspecified atom stereocenters. The number of carbonyl (C=O) groups excluding carboxylic acids is 1. The molecule has 0 saturated heterocycles. The van der Waals surface area contributed by atoms with Crippen LogP contribution < -0.4 is 5.32 Å². The zero-order valence-electron chi connectivity index (χ0n) is 10.6. The summed E-state index contributed by atoms with van der Waals surface area (Å²) in [6, 6.07) is 9.98. The third-order valence-electron chi connectivity index (χ3n) is 2.43. The quantitative estimate of drug-likeness (QED) is 0.586. The van der Waals surface area contributed by atoms with E-state index >= 15 is 0 Å². The van der Waals surface area contributed by atoms with Gasteiger partial charge in [-0.2, -0.15) is 0 Å². The summed E-state index contributed by atoms with van der Waals surface area (Å²) >= 11 is 1.71. The van der Waals surface area contributed by atoms with Crippen molar-refractivity contribution in [3.05, 3.63) is 30.3 Å². The van der Waals surface area contributed by atoms with Crippen molar-refractivity contribution in [3.63, 3.8) is 0 Å². The molecule has 5 heteroatoms. The van der Waals surface area contributed by atoms with Gasteiger partial charge in [0.2, 0.25) is 0 Å². The van der Waals surface area contributed by atoms with E-state index in [0.29, 0.717) is 19.6 Å². The topological polar surface area (TPSA) is 52.6 Å². The minimum Gasteiger partial charge on any atom is -0.395 e. The van der Waals surface area contributed by atoms with Crippen molar-refractivity contribution in [3.8, 4) is 0 Å². The number of aliphatic hydroxyl groups is 1. The van der Waals surface area contributed by atoms with E-state index in [4.69, 9.17) is 5.11 Å². The first kappa shape index (κ1) is 14.9. The molecule has 18 heavy (non-hydrogen) atoms. The molecule has 0 aliphatic rings. The monoisotopic (exact) mass is 268 g/mol. The molecule has 2 N–H and O–H groups in total. The molecule has 0 radical (unpaired) electrons. The van der Waals surface area contributed by atoms with Gasteiger partial charge in [0.25, 0.3) is 0 Å². The van der Waals surface area contributed by atoms with Crippen LogP contribution in [0.3, 0.4) is 0 Å². The average Bonchev–Trinajstić information content (AvgIpc) is 2.42. The molecule has 0 bridgehead atoms. The number of thioether (sulfide) groups is 1. The van der Waals surface area contributed by atoms with E-state index in [1.54, 1.807) is 16.7 Å². The van der Waals surface area contributed by atoms with Gasteiger partial charge in [0.05, 0.1) is 6.61 Å². The summed E-state index contributed by atoms with van der Waals surface area (Å²) in [4.78, 5) is 14.5. The van der Waals surface area contributed by atoms with E-state index in [2.05, 4.69) is 17.4 Å². The lowest BCUT2D eigenvalue weighted by Crippen LogP contribution is -2.42. The molecule has 1 aromatic rings. The van der Waals surface area contributed by atoms with Gasteiger partial charge in [0, 0.05) is 30.3 Å². The summed E-state index contributed by atoms with van der Waals surface area (Å²) in [5, 5.41) is 11.7. The number of hydrogen-bond donors (Lipinski definition) is 2. The summed E-state index contributed by atoms with van der Waals surface area (Å²) in [6.45, 7) is 3.51. The minimum absolute atomic E-state index is 0.0000251. The number of rotatable bonds is 7. The Kier molecular flexibility index (Phi) is 7.29. The van der Waals surface area contributed by atoms with Crippen LogP contribution in [0.25, 0.3) is 0 Å². The summed E-state index contributed by atoms with van der Waals surface area (Å²) < 4.78 is 0. The predicted molar refractivity (Wildman–Crippen MR) is 74.9 cm³/mol. The second-order valence-corrected chi connectivity index (χ2v) is 4.87. The Morgan fingerprint density at radius 2 is 2.11 bits per heavy atom. The predicted octanol–water partition coefficient (Wildman–Crippen LogP) is 1.80. The van der Waals surface area contributed by atoms with Crippen LogP contribution in [-0.2, 0) is 0 Å². The first-order valence-corrected chi connectivity index (χ1v) is 7.08. The van der Waals surface area contributed by atoms with Crippen LogP contribution >= 0.6 is 11.8 Å². The molecule has 0 atom stereocenters. The Bertz CT molecular complexity index is 346. The van der Waals surface area contributed by atoms with Crippen LogP contribution in [0, 0.1) is 0 Å². The van der Waals surface area contributed by atoms with Crippen LogP contribution in [0.2, 0.25) is 0 Å². The van der Waals surface area contributed by atoms with Crippen molar-refractivity contribution in [2.75, 3.05) is 32.0 Å². The highest BCUT2D eigenvalue weighted by Crippen LogP contribution is 2.15. The highest BCUT2D eigenvalue weighted by Gasteiger charge is 2.09. The number of hydrogen-bond acceptors (Lipinski definition) is 3. The van der Waals surface area contributed by atoms with Gasteiger partial charge in [-0.3, -0.25) is 0 Å². The number of urea groups is 1. The second-order valence-electron chi connectivity index (χ2n) is 3.70. The van der Waals surface area contributed by atoms with Gasteiger partial charge in [0.1, 0.15) is 0 Å². The van der Waals surface area contributed by atoms with Crippen molar-refractivity contribution in [1.82, 2.24) is 10.2 Å². The fourth-order valence-electron chi connectivity index (χ4n) is 1.48. The van der Waals surface area contributed by atoms with Gasteiger partial charge in [-0.05, 0) is 19.1 Å². The molecule has 0 spiro atoms. The van der Waals surface area contributed by atoms with E-state index in [-0.39, 0.29) is 12.6 Å². The molecule has 1 rings (SSSR count). The van der Waals surface area contributed by atoms with Crippen LogP contribution in [0.1, 0.15) is 6.92 Å². The average molecular weight is 268 g/mol. The Balaban J connectivity index is 2.19. The summed E-state index contributed by atoms with van der Waals surface area (Å²) in [5.74, 6) is 0.840. The number of carbonyl (C=O) groups is 1. The van der Waals surface area contributed by atoms with Crippen molar-refractivity contribution >= 4 is 17.8 Å². The van der Waals surface area contributed by atoms with E-state index in [1.165, 1.54) is 4.90 Å². The normalized spacial score (nSPS) is 10.1. The maximum atomic E-state index is 11.7. The molecular formula is C13H20N2O2S. The number of nitrogens with zero attached hydrogens (tertiary/aromatic N) is 1. The maximum absolute atomic E-state index is 11.7. The highest BCUT2D eigenvalue weighted by molar-refractivity contribution is 7.99. The number of likely N-dealkylation sites (N-methyl/N-ethyl adjacent to an activating group) is 1. The van der Waals surface area contributed by atoms with E-state index < -0.39 is 0 Å². The molecule has 0 fully saturated rings. The largest absolute Gasteiger partial charge is 0.395 e. The Hall–Kier alpha value is -1.20. The number of aliphatic hydroxyl groups excluding tert-OH is 1. The molecule has 100 valence electrons. The smallest absolute Gasteiger partial charge is 0.317 e. The first-order chi connectivity index (χ1) is 8.77. The van der Waals surface area contributed by atoms with Crippen molar-refractivity contribution < 1.29 is 9.90 Å². The molecule has 0 aromatic heterocycles. The van der Waals surface area contributed by atoms with Gasteiger partial charge in [-0.1, -0.05) is 18.2 Å². The molecule has 0 aliphatic carbocycles. The lowest BCUT2D eigenvalue weighted by Gasteiger charge is -2.20.